The average molecular weight is 778 g/mol. The van der Waals surface area contributed by atoms with Crippen LogP contribution in [-0.4, -0.2) is 15.0 Å². The van der Waals surface area contributed by atoms with Crippen LogP contribution >= 0.6 is 0 Å². The van der Waals surface area contributed by atoms with Gasteiger partial charge in [0.25, 0.3) is 0 Å². The largest absolute Gasteiger partial charge is 0.456 e. The topological polar surface area (TPSA) is 51.8 Å². The van der Waals surface area contributed by atoms with E-state index in [1.807, 2.05) is 66.7 Å². The normalized spacial score (nSPS) is 11.6. The summed E-state index contributed by atoms with van der Waals surface area (Å²) in [7, 11) is 0. The third kappa shape index (κ3) is 5.96. The van der Waals surface area contributed by atoms with Gasteiger partial charge in [-0.3, -0.25) is 0 Å². The number of benzene rings is 10. The van der Waals surface area contributed by atoms with Crippen LogP contribution in [0.1, 0.15) is 0 Å². The molecule has 0 atom stereocenters. The molecule has 0 fully saturated rings. The molecule has 0 aliphatic rings. The van der Waals surface area contributed by atoms with E-state index in [0.29, 0.717) is 17.5 Å². The molecule has 0 spiro atoms. The van der Waals surface area contributed by atoms with Gasteiger partial charge < -0.3 is 4.42 Å². The molecule has 2 heterocycles. The summed E-state index contributed by atoms with van der Waals surface area (Å²) in [5.74, 6) is 1.85. The summed E-state index contributed by atoms with van der Waals surface area (Å²) in [5, 5.41) is 9.74. The van der Waals surface area contributed by atoms with Crippen molar-refractivity contribution >= 4 is 54.3 Å². The molecule has 0 radical (unpaired) electrons. The molecule has 10 aromatic carbocycles. The van der Waals surface area contributed by atoms with Crippen LogP contribution in [-0.2, 0) is 0 Å². The van der Waals surface area contributed by atoms with Gasteiger partial charge in [-0.2, -0.15) is 0 Å². The fourth-order valence-corrected chi connectivity index (χ4v) is 9.04. The van der Waals surface area contributed by atoms with Crippen LogP contribution in [0.3, 0.4) is 0 Å². The zero-order valence-corrected chi connectivity index (χ0v) is 33.0. The Morgan fingerprint density at radius 2 is 0.574 bits per heavy atom. The molecular weight excluding hydrogens is 743 g/mol. The number of nitrogens with zero attached hydrogens (tertiary/aromatic N) is 3. The Bertz CT molecular complexity index is 3560. The van der Waals surface area contributed by atoms with E-state index in [2.05, 4.69) is 146 Å². The number of fused-ring (bicyclic) bond motifs is 9. The fraction of sp³-hybridized carbons (Fsp3) is 0. The van der Waals surface area contributed by atoms with E-state index in [9.17, 15) is 0 Å². The van der Waals surface area contributed by atoms with Crippen molar-refractivity contribution in [1.82, 2.24) is 15.0 Å². The molecule has 0 N–H and O–H groups in total. The van der Waals surface area contributed by atoms with E-state index < -0.39 is 0 Å². The van der Waals surface area contributed by atoms with Crippen molar-refractivity contribution in [3.05, 3.63) is 212 Å². The summed E-state index contributed by atoms with van der Waals surface area (Å²) in [4.78, 5) is 14.8. The Morgan fingerprint density at radius 3 is 1.08 bits per heavy atom. The van der Waals surface area contributed by atoms with E-state index in [0.717, 1.165) is 55.3 Å². The van der Waals surface area contributed by atoms with Crippen LogP contribution in [0, 0.1) is 0 Å². The SMILES string of the molecule is c1ccc(-c2nc(-c3ccccc3)nc(-c3ccc4c(c3)oc3cc(-c5ccccc5-c5ccccc5-c5ccc6c7ccccc7c7ccccc7c6c5)ccc34)n2)cc1. The monoisotopic (exact) mass is 777 g/mol. The van der Waals surface area contributed by atoms with E-state index in [1.165, 1.54) is 49.0 Å². The molecule has 0 unspecified atom stereocenters. The van der Waals surface area contributed by atoms with Gasteiger partial charge in [-0.05, 0) is 96.0 Å². The Labute approximate surface area is 352 Å². The van der Waals surface area contributed by atoms with E-state index in [1.54, 1.807) is 0 Å². The lowest BCUT2D eigenvalue weighted by Crippen LogP contribution is -2.00. The molecule has 0 saturated heterocycles. The third-order valence-electron chi connectivity index (χ3n) is 11.9. The molecule has 284 valence electrons. The van der Waals surface area contributed by atoms with Crippen LogP contribution in [0.2, 0.25) is 0 Å². The summed E-state index contributed by atoms with van der Waals surface area (Å²) >= 11 is 0. The van der Waals surface area contributed by atoms with Gasteiger partial charge >= 0.3 is 0 Å². The number of furan rings is 1. The first kappa shape index (κ1) is 34.8. The van der Waals surface area contributed by atoms with Gasteiger partial charge in [0.15, 0.2) is 17.5 Å². The summed E-state index contributed by atoms with van der Waals surface area (Å²) in [6.07, 6.45) is 0. The lowest BCUT2D eigenvalue weighted by Gasteiger charge is -2.16. The summed E-state index contributed by atoms with van der Waals surface area (Å²) in [6.45, 7) is 0. The minimum absolute atomic E-state index is 0.594. The summed E-state index contributed by atoms with van der Waals surface area (Å²) < 4.78 is 6.68. The average Bonchev–Trinajstić information content (AvgIpc) is 3.71. The van der Waals surface area contributed by atoms with Crippen LogP contribution < -0.4 is 0 Å². The van der Waals surface area contributed by atoms with Gasteiger partial charge in [0.2, 0.25) is 0 Å². The van der Waals surface area contributed by atoms with E-state index in [-0.39, 0.29) is 0 Å². The van der Waals surface area contributed by atoms with Crippen molar-refractivity contribution in [2.24, 2.45) is 0 Å². The fourth-order valence-electron chi connectivity index (χ4n) is 9.04. The van der Waals surface area contributed by atoms with Crippen molar-refractivity contribution in [2.45, 2.75) is 0 Å². The molecule has 0 amide bonds. The van der Waals surface area contributed by atoms with E-state index in [4.69, 9.17) is 19.4 Å². The molecule has 61 heavy (non-hydrogen) atoms. The Morgan fingerprint density at radius 1 is 0.230 bits per heavy atom. The molecule has 2 aromatic heterocycles. The van der Waals surface area contributed by atoms with Crippen LogP contribution in [0.5, 0.6) is 0 Å². The van der Waals surface area contributed by atoms with Crippen molar-refractivity contribution in [2.75, 3.05) is 0 Å². The van der Waals surface area contributed by atoms with Gasteiger partial charge in [-0.25, -0.2) is 15.0 Å². The Hall–Kier alpha value is -8.21. The van der Waals surface area contributed by atoms with Crippen molar-refractivity contribution < 1.29 is 4.42 Å². The first-order valence-electron chi connectivity index (χ1n) is 20.6. The predicted octanol–water partition coefficient (Wildman–Crippen LogP) is 15.2. The first-order chi connectivity index (χ1) is 30.2. The van der Waals surface area contributed by atoms with E-state index >= 15 is 0 Å². The molecule has 0 aliphatic carbocycles. The first-order valence-corrected chi connectivity index (χ1v) is 20.6. The maximum atomic E-state index is 6.68. The molecule has 12 rings (SSSR count). The van der Waals surface area contributed by atoms with Gasteiger partial charge in [0.1, 0.15) is 11.2 Å². The lowest BCUT2D eigenvalue weighted by atomic mass is 9.87. The second kappa shape index (κ2) is 14.3. The van der Waals surface area contributed by atoms with Crippen LogP contribution in [0.15, 0.2) is 217 Å². The highest BCUT2D eigenvalue weighted by Gasteiger charge is 2.18. The van der Waals surface area contributed by atoms with Crippen molar-refractivity contribution in [3.63, 3.8) is 0 Å². The summed E-state index contributed by atoms with van der Waals surface area (Å²) in [6, 6.07) is 74.8. The second-order valence-electron chi connectivity index (χ2n) is 15.5. The molecular formula is C57H35N3O. The molecule has 0 saturated carbocycles. The van der Waals surface area contributed by atoms with Gasteiger partial charge in [0, 0.05) is 27.5 Å². The molecule has 4 nitrogen and oxygen atoms in total. The molecule has 0 bridgehead atoms. The lowest BCUT2D eigenvalue weighted by molar-refractivity contribution is 0.669. The highest BCUT2D eigenvalue weighted by molar-refractivity contribution is 6.25. The number of rotatable bonds is 6. The quantitative estimate of drug-likeness (QED) is 0.158. The zero-order valence-electron chi connectivity index (χ0n) is 33.0. The Balaban J connectivity index is 0.951. The highest BCUT2D eigenvalue weighted by Crippen LogP contribution is 2.43. The number of aromatic nitrogens is 3. The highest BCUT2D eigenvalue weighted by atomic mass is 16.3. The van der Waals surface area contributed by atoms with Gasteiger partial charge in [-0.1, -0.05) is 182 Å². The van der Waals surface area contributed by atoms with Crippen molar-refractivity contribution in [3.8, 4) is 67.5 Å². The maximum absolute atomic E-state index is 6.68. The minimum Gasteiger partial charge on any atom is -0.456 e. The summed E-state index contributed by atoms with van der Waals surface area (Å²) in [5.41, 5.74) is 11.3. The number of hydrogen-bond donors (Lipinski definition) is 0. The second-order valence-corrected chi connectivity index (χ2v) is 15.5. The number of hydrogen-bond acceptors (Lipinski definition) is 4. The van der Waals surface area contributed by atoms with Gasteiger partial charge in [-0.15, -0.1) is 0 Å². The van der Waals surface area contributed by atoms with Crippen molar-refractivity contribution in [1.29, 1.82) is 0 Å². The third-order valence-corrected chi connectivity index (χ3v) is 11.9. The molecule has 4 heteroatoms. The molecule has 12 aromatic rings. The zero-order chi connectivity index (χ0) is 40.3. The van der Waals surface area contributed by atoms with Crippen LogP contribution in [0.25, 0.3) is 122 Å². The van der Waals surface area contributed by atoms with Crippen LogP contribution in [0.4, 0.5) is 0 Å². The standard InChI is InChI=1S/C57H35N3O/c1-3-15-36(16-4-1)55-58-56(37-17-5-2-6-18-37)60-57(59-55)40-29-32-51-50-31-28-39(34-53(50)61-54(51)35-40)42-20-8-10-22-44(42)43-21-9-7-19-41(43)38-27-30-49-47-25-12-11-23-45(47)46-24-13-14-26-48(46)52(49)33-38/h1-35H. The predicted molar refractivity (Wildman–Crippen MR) is 252 cm³/mol. The smallest absolute Gasteiger partial charge is 0.164 e. The maximum Gasteiger partial charge on any atom is 0.164 e. The minimum atomic E-state index is 0.594. The molecule has 0 aliphatic heterocycles. The Kier molecular flexibility index (Phi) is 8.13. The van der Waals surface area contributed by atoms with Gasteiger partial charge in [0.05, 0.1) is 0 Å².